The van der Waals surface area contributed by atoms with Crippen molar-refractivity contribution in [2.45, 2.75) is 13.3 Å². The first-order valence-electron chi connectivity index (χ1n) is 4.35. The number of rotatable bonds is 4. The van der Waals surface area contributed by atoms with Crippen LogP contribution in [0.4, 0.5) is 5.13 Å². The SMILES string of the molecule is Cc1sc(N(C)CCC#N)nc1C(=O)O. The second-order valence-electron chi connectivity index (χ2n) is 3.04. The van der Waals surface area contributed by atoms with Crippen LogP contribution in [0.25, 0.3) is 0 Å². The van der Waals surface area contributed by atoms with Gasteiger partial charge in [-0.15, -0.1) is 11.3 Å². The molecular weight excluding hydrogens is 214 g/mol. The van der Waals surface area contributed by atoms with E-state index in [0.717, 1.165) is 0 Å². The number of carboxylic acids is 1. The number of carbonyl (C=O) groups is 1. The standard InChI is InChI=1S/C9H11N3O2S/c1-6-7(8(13)14)11-9(15-6)12(2)5-3-4-10/h3,5H2,1-2H3,(H,13,14). The molecule has 6 heteroatoms. The average Bonchev–Trinajstić information content (AvgIpc) is 2.56. The lowest BCUT2D eigenvalue weighted by Gasteiger charge is -2.12. The normalized spacial score (nSPS) is 9.67. The zero-order valence-electron chi connectivity index (χ0n) is 8.52. The predicted octanol–water partition coefficient (Wildman–Crippen LogP) is 1.50. The van der Waals surface area contributed by atoms with Gasteiger partial charge in [-0.1, -0.05) is 0 Å². The minimum atomic E-state index is -1.01. The quantitative estimate of drug-likeness (QED) is 0.840. The molecule has 0 aliphatic heterocycles. The monoisotopic (exact) mass is 225 g/mol. The molecule has 1 heterocycles. The molecule has 80 valence electrons. The lowest BCUT2D eigenvalue weighted by atomic mass is 10.4. The molecule has 0 saturated carbocycles. The van der Waals surface area contributed by atoms with Gasteiger partial charge >= 0.3 is 5.97 Å². The van der Waals surface area contributed by atoms with Crippen molar-refractivity contribution in [2.75, 3.05) is 18.5 Å². The summed E-state index contributed by atoms with van der Waals surface area (Å²) >= 11 is 1.33. The highest BCUT2D eigenvalue weighted by Crippen LogP contribution is 2.24. The van der Waals surface area contributed by atoms with Crippen LogP contribution in [-0.2, 0) is 0 Å². The number of hydrogen-bond donors (Lipinski definition) is 1. The highest BCUT2D eigenvalue weighted by molar-refractivity contribution is 7.15. The van der Waals surface area contributed by atoms with Crippen molar-refractivity contribution in [2.24, 2.45) is 0 Å². The van der Waals surface area contributed by atoms with E-state index < -0.39 is 5.97 Å². The van der Waals surface area contributed by atoms with Crippen LogP contribution >= 0.6 is 11.3 Å². The first-order chi connectivity index (χ1) is 7.06. The second kappa shape index (κ2) is 4.75. The first kappa shape index (κ1) is 11.5. The van der Waals surface area contributed by atoms with Gasteiger partial charge in [-0.05, 0) is 6.92 Å². The van der Waals surface area contributed by atoms with Crippen LogP contribution in [0.2, 0.25) is 0 Å². The molecule has 0 saturated heterocycles. The summed E-state index contributed by atoms with van der Waals surface area (Å²) in [5, 5.41) is 17.9. The molecular formula is C9H11N3O2S. The van der Waals surface area contributed by atoms with Gasteiger partial charge < -0.3 is 10.0 Å². The van der Waals surface area contributed by atoms with E-state index >= 15 is 0 Å². The van der Waals surface area contributed by atoms with E-state index in [1.807, 2.05) is 6.07 Å². The topological polar surface area (TPSA) is 77.2 Å². The molecule has 1 N–H and O–H groups in total. The lowest BCUT2D eigenvalue weighted by molar-refractivity contribution is 0.0690. The van der Waals surface area contributed by atoms with Crippen molar-refractivity contribution < 1.29 is 9.90 Å². The van der Waals surface area contributed by atoms with Gasteiger partial charge in [-0.25, -0.2) is 9.78 Å². The van der Waals surface area contributed by atoms with Gasteiger partial charge in [0, 0.05) is 18.5 Å². The van der Waals surface area contributed by atoms with E-state index in [-0.39, 0.29) is 5.69 Å². The minimum Gasteiger partial charge on any atom is -0.476 e. The fraction of sp³-hybridized carbons (Fsp3) is 0.444. The maximum Gasteiger partial charge on any atom is 0.355 e. The molecule has 0 atom stereocenters. The average molecular weight is 225 g/mol. The molecule has 0 aromatic carbocycles. The molecule has 0 radical (unpaired) electrons. The lowest BCUT2D eigenvalue weighted by Crippen LogP contribution is -2.17. The number of thiazole rings is 1. The van der Waals surface area contributed by atoms with Crippen molar-refractivity contribution in [3.63, 3.8) is 0 Å². The fourth-order valence-corrected chi connectivity index (χ4v) is 1.95. The third-order valence-electron chi connectivity index (χ3n) is 1.87. The molecule has 0 aliphatic carbocycles. The van der Waals surface area contributed by atoms with Gasteiger partial charge in [0.05, 0.1) is 12.5 Å². The van der Waals surface area contributed by atoms with Crippen LogP contribution in [0.5, 0.6) is 0 Å². The Morgan fingerprint density at radius 1 is 1.73 bits per heavy atom. The summed E-state index contributed by atoms with van der Waals surface area (Å²) < 4.78 is 0. The molecule has 0 fully saturated rings. The second-order valence-corrected chi connectivity index (χ2v) is 4.22. The number of anilines is 1. The molecule has 1 aromatic rings. The number of hydrogen-bond acceptors (Lipinski definition) is 5. The number of aryl methyl sites for hydroxylation is 1. The Labute approximate surface area is 91.6 Å². The molecule has 5 nitrogen and oxygen atoms in total. The van der Waals surface area contributed by atoms with E-state index in [1.165, 1.54) is 11.3 Å². The summed E-state index contributed by atoms with van der Waals surface area (Å²) in [6.45, 7) is 2.28. The van der Waals surface area contributed by atoms with Gasteiger partial charge in [-0.3, -0.25) is 0 Å². The molecule has 1 rings (SSSR count). The number of aromatic nitrogens is 1. The van der Waals surface area contributed by atoms with Gasteiger partial charge in [0.25, 0.3) is 0 Å². The maximum atomic E-state index is 10.7. The van der Waals surface area contributed by atoms with Crippen molar-refractivity contribution in [1.29, 1.82) is 5.26 Å². The number of nitrogens with zero attached hydrogens (tertiary/aromatic N) is 3. The van der Waals surface area contributed by atoms with Crippen molar-refractivity contribution in [3.05, 3.63) is 10.6 Å². The Bertz CT molecular complexity index is 408. The third kappa shape index (κ3) is 2.67. The van der Waals surface area contributed by atoms with E-state index in [4.69, 9.17) is 10.4 Å². The molecule has 0 unspecified atom stereocenters. The van der Waals surface area contributed by atoms with E-state index in [9.17, 15) is 4.79 Å². The van der Waals surface area contributed by atoms with Crippen molar-refractivity contribution in [3.8, 4) is 6.07 Å². The van der Waals surface area contributed by atoms with Crippen LogP contribution in [0.1, 0.15) is 21.8 Å². The Balaban J connectivity index is 2.83. The van der Waals surface area contributed by atoms with E-state index in [1.54, 1.807) is 18.9 Å². The van der Waals surface area contributed by atoms with Crippen LogP contribution < -0.4 is 4.90 Å². The summed E-state index contributed by atoms with van der Waals surface area (Å²) in [7, 11) is 1.79. The molecule has 0 aliphatic rings. The zero-order valence-corrected chi connectivity index (χ0v) is 9.34. The van der Waals surface area contributed by atoms with Crippen molar-refractivity contribution >= 4 is 22.4 Å². The van der Waals surface area contributed by atoms with Crippen LogP contribution in [0, 0.1) is 18.3 Å². The highest BCUT2D eigenvalue weighted by Gasteiger charge is 2.15. The van der Waals surface area contributed by atoms with Crippen LogP contribution in [0.3, 0.4) is 0 Å². The number of aromatic carboxylic acids is 1. The summed E-state index contributed by atoms with van der Waals surface area (Å²) in [6, 6.07) is 2.03. The van der Waals surface area contributed by atoms with Crippen LogP contribution in [-0.4, -0.2) is 29.7 Å². The minimum absolute atomic E-state index is 0.0961. The molecule has 1 aromatic heterocycles. The maximum absolute atomic E-state index is 10.7. The Morgan fingerprint density at radius 2 is 2.40 bits per heavy atom. The van der Waals surface area contributed by atoms with Crippen LogP contribution in [0.15, 0.2) is 0 Å². The van der Waals surface area contributed by atoms with Crippen molar-refractivity contribution in [1.82, 2.24) is 4.98 Å². The Morgan fingerprint density at radius 3 is 2.87 bits per heavy atom. The van der Waals surface area contributed by atoms with E-state index in [2.05, 4.69) is 4.98 Å². The smallest absolute Gasteiger partial charge is 0.355 e. The summed E-state index contributed by atoms with van der Waals surface area (Å²) in [4.78, 5) is 17.2. The molecule has 0 bridgehead atoms. The third-order valence-corrected chi connectivity index (χ3v) is 2.96. The predicted molar refractivity (Wildman–Crippen MR) is 57.3 cm³/mol. The Kier molecular flexibility index (Phi) is 3.63. The van der Waals surface area contributed by atoms with E-state index in [0.29, 0.717) is 23.0 Å². The highest BCUT2D eigenvalue weighted by atomic mass is 32.1. The molecule has 15 heavy (non-hydrogen) atoms. The summed E-state index contributed by atoms with van der Waals surface area (Å²) in [5.41, 5.74) is 0.0961. The van der Waals surface area contributed by atoms with Gasteiger partial charge in [0.15, 0.2) is 10.8 Å². The fourth-order valence-electron chi connectivity index (χ4n) is 1.06. The largest absolute Gasteiger partial charge is 0.476 e. The number of carboxylic acid groups (broad SMARTS) is 1. The first-order valence-corrected chi connectivity index (χ1v) is 5.16. The van der Waals surface area contributed by atoms with Gasteiger partial charge in [0.1, 0.15) is 0 Å². The summed E-state index contributed by atoms with van der Waals surface area (Å²) in [5.74, 6) is -1.01. The van der Waals surface area contributed by atoms with Gasteiger partial charge in [0.2, 0.25) is 0 Å². The Hall–Kier alpha value is -1.61. The van der Waals surface area contributed by atoms with Gasteiger partial charge in [-0.2, -0.15) is 5.26 Å². The molecule has 0 spiro atoms. The summed E-state index contributed by atoms with van der Waals surface area (Å²) in [6.07, 6.45) is 0.400. The molecule has 0 amide bonds. The number of nitriles is 1. The zero-order chi connectivity index (χ0) is 11.4.